The van der Waals surface area contributed by atoms with E-state index in [1.165, 1.54) is 25.7 Å². The van der Waals surface area contributed by atoms with Crippen LogP contribution in [0.4, 0.5) is 0 Å². The Balaban J connectivity index is 2.11. The van der Waals surface area contributed by atoms with E-state index in [1.54, 1.807) is 7.11 Å². The third kappa shape index (κ3) is 11.0. The fourth-order valence-electron chi connectivity index (χ4n) is 2.61. The molecule has 1 aromatic carbocycles. The zero-order valence-corrected chi connectivity index (χ0v) is 18.0. The first kappa shape index (κ1) is 23.5. The number of rotatable bonds is 14. The number of hydrogen-bond acceptors (Lipinski definition) is 5. The molecule has 0 fully saturated rings. The second-order valence-corrected chi connectivity index (χ2v) is 7.37. The summed E-state index contributed by atoms with van der Waals surface area (Å²) in [5.41, 5.74) is 0.790. The number of esters is 2. The Bertz CT molecular complexity index is 574. The van der Waals surface area contributed by atoms with Crippen LogP contribution in [0.1, 0.15) is 70.3 Å². The molecule has 0 atom stereocenters. The molecule has 5 nitrogen and oxygen atoms in total. The summed E-state index contributed by atoms with van der Waals surface area (Å²) in [5, 5.41) is 0. The number of methoxy groups -OCH3 is 1. The standard InChI is InChI=1S/C21H31BrO5/c1-3-4-5-6-7-8-14-26-20(23)10-9-11-21(24)27-16-17-15-18(22)12-13-19(17)25-2/h12-13,15H,3-11,14,16H2,1-2H3. The minimum atomic E-state index is -0.333. The average molecular weight is 443 g/mol. The summed E-state index contributed by atoms with van der Waals surface area (Å²) in [6.07, 6.45) is 7.82. The third-order valence-electron chi connectivity index (χ3n) is 4.15. The topological polar surface area (TPSA) is 61.8 Å². The highest BCUT2D eigenvalue weighted by molar-refractivity contribution is 9.10. The molecule has 0 aliphatic carbocycles. The number of carbonyl (C=O) groups is 2. The molecule has 0 bridgehead atoms. The summed E-state index contributed by atoms with van der Waals surface area (Å²) in [6.45, 7) is 2.80. The van der Waals surface area contributed by atoms with Crippen LogP contribution in [0.15, 0.2) is 22.7 Å². The molecule has 152 valence electrons. The zero-order valence-electron chi connectivity index (χ0n) is 16.4. The third-order valence-corrected chi connectivity index (χ3v) is 4.65. The van der Waals surface area contributed by atoms with Crippen molar-refractivity contribution >= 4 is 27.9 Å². The second-order valence-electron chi connectivity index (χ2n) is 6.46. The molecular weight excluding hydrogens is 412 g/mol. The number of unbranched alkanes of at least 4 members (excludes halogenated alkanes) is 5. The van der Waals surface area contributed by atoms with E-state index < -0.39 is 0 Å². The van der Waals surface area contributed by atoms with Gasteiger partial charge in [-0.05, 0) is 31.0 Å². The molecule has 6 heteroatoms. The lowest BCUT2D eigenvalue weighted by atomic mass is 10.1. The van der Waals surface area contributed by atoms with Crippen molar-refractivity contribution in [3.63, 3.8) is 0 Å². The number of benzene rings is 1. The van der Waals surface area contributed by atoms with Crippen molar-refractivity contribution in [2.45, 2.75) is 71.3 Å². The van der Waals surface area contributed by atoms with Gasteiger partial charge in [0.1, 0.15) is 12.4 Å². The Kier molecular flexibility index (Phi) is 12.6. The van der Waals surface area contributed by atoms with Crippen molar-refractivity contribution in [1.29, 1.82) is 0 Å². The van der Waals surface area contributed by atoms with Crippen molar-refractivity contribution in [2.24, 2.45) is 0 Å². The van der Waals surface area contributed by atoms with Crippen LogP contribution >= 0.6 is 15.9 Å². The molecule has 0 heterocycles. The Morgan fingerprint density at radius 3 is 2.30 bits per heavy atom. The molecule has 0 N–H and O–H groups in total. The molecule has 0 saturated heterocycles. The highest BCUT2D eigenvalue weighted by Gasteiger charge is 2.10. The first-order valence-corrected chi connectivity index (χ1v) is 10.5. The van der Waals surface area contributed by atoms with Crippen LogP contribution in [0, 0.1) is 0 Å². The van der Waals surface area contributed by atoms with E-state index in [-0.39, 0.29) is 31.4 Å². The molecule has 0 saturated carbocycles. The average Bonchev–Trinajstić information content (AvgIpc) is 2.65. The van der Waals surface area contributed by atoms with Gasteiger partial charge >= 0.3 is 11.9 Å². The zero-order chi connectivity index (χ0) is 19.9. The first-order valence-electron chi connectivity index (χ1n) is 9.70. The van der Waals surface area contributed by atoms with Crippen LogP contribution in [0.5, 0.6) is 5.75 Å². The van der Waals surface area contributed by atoms with Gasteiger partial charge in [0.15, 0.2) is 0 Å². The van der Waals surface area contributed by atoms with Gasteiger partial charge in [0.05, 0.1) is 13.7 Å². The van der Waals surface area contributed by atoms with Crippen LogP contribution in [-0.2, 0) is 25.7 Å². The number of ether oxygens (including phenoxy) is 3. The molecule has 1 rings (SSSR count). The minimum absolute atomic E-state index is 0.143. The molecule has 0 aromatic heterocycles. The van der Waals surface area contributed by atoms with E-state index in [1.807, 2.05) is 18.2 Å². The van der Waals surface area contributed by atoms with Crippen LogP contribution in [0.3, 0.4) is 0 Å². The Labute approximate surface area is 170 Å². The number of hydrogen-bond donors (Lipinski definition) is 0. The van der Waals surface area contributed by atoms with Crippen molar-refractivity contribution in [1.82, 2.24) is 0 Å². The molecule has 0 amide bonds. The van der Waals surface area contributed by atoms with Gasteiger partial charge in [-0.1, -0.05) is 55.0 Å². The molecular formula is C21H31BrO5. The van der Waals surface area contributed by atoms with Gasteiger partial charge in [-0.2, -0.15) is 0 Å². The summed E-state index contributed by atoms with van der Waals surface area (Å²) in [7, 11) is 1.57. The summed E-state index contributed by atoms with van der Waals surface area (Å²) in [6, 6.07) is 5.53. The quantitative estimate of drug-likeness (QED) is 0.278. The predicted molar refractivity (Wildman–Crippen MR) is 109 cm³/mol. The summed E-state index contributed by atoms with van der Waals surface area (Å²) in [5.74, 6) is 0.0926. The lowest BCUT2D eigenvalue weighted by molar-refractivity contribution is -0.146. The van der Waals surface area contributed by atoms with E-state index in [9.17, 15) is 9.59 Å². The maximum absolute atomic E-state index is 11.8. The van der Waals surface area contributed by atoms with Gasteiger partial charge in [0, 0.05) is 22.9 Å². The van der Waals surface area contributed by atoms with Crippen LogP contribution < -0.4 is 4.74 Å². The van der Waals surface area contributed by atoms with E-state index >= 15 is 0 Å². The molecule has 0 unspecified atom stereocenters. The second kappa shape index (κ2) is 14.5. The van der Waals surface area contributed by atoms with Crippen LogP contribution in [-0.4, -0.2) is 25.7 Å². The maximum Gasteiger partial charge on any atom is 0.306 e. The lowest BCUT2D eigenvalue weighted by Gasteiger charge is -2.10. The van der Waals surface area contributed by atoms with Gasteiger partial charge < -0.3 is 14.2 Å². The fourth-order valence-corrected chi connectivity index (χ4v) is 3.02. The monoisotopic (exact) mass is 442 g/mol. The highest BCUT2D eigenvalue weighted by atomic mass is 79.9. The lowest BCUT2D eigenvalue weighted by Crippen LogP contribution is -2.09. The Morgan fingerprint density at radius 1 is 0.926 bits per heavy atom. The molecule has 0 aliphatic rings. The molecule has 0 aliphatic heterocycles. The van der Waals surface area contributed by atoms with Gasteiger partial charge in [-0.25, -0.2) is 0 Å². The van der Waals surface area contributed by atoms with Crippen molar-refractivity contribution in [3.05, 3.63) is 28.2 Å². The maximum atomic E-state index is 11.8. The van der Waals surface area contributed by atoms with Crippen LogP contribution in [0.25, 0.3) is 0 Å². The number of halogens is 1. The van der Waals surface area contributed by atoms with Crippen molar-refractivity contribution in [2.75, 3.05) is 13.7 Å². The number of carbonyl (C=O) groups excluding carboxylic acids is 2. The van der Waals surface area contributed by atoms with Crippen molar-refractivity contribution < 1.29 is 23.8 Å². The predicted octanol–water partition coefficient (Wildman–Crippen LogP) is 5.57. The largest absolute Gasteiger partial charge is 0.496 e. The van der Waals surface area contributed by atoms with E-state index in [0.29, 0.717) is 18.8 Å². The van der Waals surface area contributed by atoms with Crippen LogP contribution in [0.2, 0.25) is 0 Å². The van der Waals surface area contributed by atoms with E-state index in [2.05, 4.69) is 22.9 Å². The molecule has 27 heavy (non-hydrogen) atoms. The van der Waals surface area contributed by atoms with Gasteiger partial charge in [0.25, 0.3) is 0 Å². The summed E-state index contributed by atoms with van der Waals surface area (Å²) >= 11 is 3.38. The summed E-state index contributed by atoms with van der Waals surface area (Å²) in [4.78, 5) is 23.5. The molecule has 1 aromatic rings. The van der Waals surface area contributed by atoms with E-state index in [0.717, 1.165) is 22.9 Å². The van der Waals surface area contributed by atoms with E-state index in [4.69, 9.17) is 14.2 Å². The highest BCUT2D eigenvalue weighted by Crippen LogP contribution is 2.23. The SMILES string of the molecule is CCCCCCCCOC(=O)CCCC(=O)OCc1cc(Br)ccc1OC. The van der Waals surface area contributed by atoms with Crippen molar-refractivity contribution in [3.8, 4) is 5.75 Å². The van der Waals surface area contributed by atoms with Gasteiger partial charge in [0.2, 0.25) is 0 Å². The fraction of sp³-hybridized carbons (Fsp3) is 0.619. The molecule has 0 spiro atoms. The van der Waals surface area contributed by atoms with Gasteiger partial charge in [-0.3, -0.25) is 9.59 Å². The first-order chi connectivity index (χ1) is 13.1. The normalized spacial score (nSPS) is 10.5. The summed E-state index contributed by atoms with van der Waals surface area (Å²) < 4.78 is 16.6. The Hall–Kier alpha value is -1.56. The Morgan fingerprint density at radius 2 is 1.59 bits per heavy atom. The molecule has 0 radical (unpaired) electrons. The van der Waals surface area contributed by atoms with Gasteiger partial charge in [-0.15, -0.1) is 0 Å². The minimum Gasteiger partial charge on any atom is -0.496 e. The smallest absolute Gasteiger partial charge is 0.306 e.